The summed E-state index contributed by atoms with van der Waals surface area (Å²) in [6.45, 7) is 4.43. The van der Waals surface area contributed by atoms with E-state index in [0.29, 0.717) is 13.2 Å². The maximum absolute atomic E-state index is 6.26. The summed E-state index contributed by atoms with van der Waals surface area (Å²) in [4.78, 5) is 10.7. The first-order valence-corrected chi connectivity index (χ1v) is 9.07. The van der Waals surface area contributed by atoms with Crippen LogP contribution in [0.4, 0.5) is 0 Å². The van der Waals surface area contributed by atoms with Gasteiger partial charge in [-0.15, -0.1) is 0 Å². The van der Waals surface area contributed by atoms with Gasteiger partial charge in [0.2, 0.25) is 0 Å². The van der Waals surface area contributed by atoms with Crippen molar-refractivity contribution in [2.45, 2.75) is 44.1 Å². The lowest BCUT2D eigenvalue weighted by Crippen LogP contribution is -2.47. The minimum atomic E-state index is -0.0335. The molecule has 0 radical (unpaired) electrons. The van der Waals surface area contributed by atoms with E-state index in [0.717, 1.165) is 32.5 Å². The van der Waals surface area contributed by atoms with Crippen molar-refractivity contribution in [1.29, 1.82) is 0 Å². The van der Waals surface area contributed by atoms with E-state index in [1.165, 1.54) is 17.5 Å². The average molecular weight is 339 g/mol. The number of hydrogen-bond donors (Lipinski definition) is 0. The number of nitrogens with zero attached hydrogens (tertiary/aromatic N) is 3. The third kappa shape index (κ3) is 4.24. The summed E-state index contributed by atoms with van der Waals surface area (Å²) in [6.07, 6.45) is 10.8. The summed E-state index contributed by atoms with van der Waals surface area (Å²) in [7, 11) is 0. The molecule has 0 unspecified atom stereocenters. The van der Waals surface area contributed by atoms with Crippen molar-refractivity contribution in [1.82, 2.24) is 14.9 Å². The minimum Gasteiger partial charge on any atom is -0.371 e. The lowest BCUT2D eigenvalue weighted by Gasteiger charge is -2.39. The molecule has 0 saturated carbocycles. The van der Waals surface area contributed by atoms with Gasteiger partial charge in [0.05, 0.1) is 24.9 Å². The molecule has 2 aliphatic heterocycles. The number of aromatic nitrogens is 2. The molecule has 0 amide bonds. The third-order valence-electron chi connectivity index (χ3n) is 5.18. The quantitative estimate of drug-likeness (QED) is 0.838. The first-order chi connectivity index (χ1) is 12.3. The molecule has 4 rings (SSSR count). The molecule has 2 atom stereocenters. The Morgan fingerprint density at radius 3 is 2.56 bits per heavy atom. The van der Waals surface area contributed by atoms with Crippen molar-refractivity contribution in [3.8, 4) is 0 Å². The van der Waals surface area contributed by atoms with Crippen molar-refractivity contribution >= 4 is 0 Å². The SMILES string of the molecule is c1cc(CO[C@H]2CO[C@@]3(CCCN(Cc4ccncc4)C3)C2)ccn1. The van der Waals surface area contributed by atoms with Crippen LogP contribution in [0.25, 0.3) is 0 Å². The zero-order chi connectivity index (χ0) is 17.0. The number of pyridine rings is 2. The number of piperidine rings is 1. The Morgan fingerprint density at radius 1 is 1.08 bits per heavy atom. The lowest BCUT2D eigenvalue weighted by atomic mass is 9.89. The molecule has 0 aromatic carbocycles. The number of rotatable bonds is 5. The zero-order valence-corrected chi connectivity index (χ0v) is 14.5. The lowest BCUT2D eigenvalue weighted by molar-refractivity contribution is -0.0548. The second-order valence-corrected chi connectivity index (χ2v) is 7.16. The van der Waals surface area contributed by atoms with E-state index in [-0.39, 0.29) is 11.7 Å². The van der Waals surface area contributed by atoms with Crippen LogP contribution < -0.4 is 0 Å². The summed E-state index contributed by atoms with van der Waals surface area (Å²) in [5.74, 6) is 0. The molecule has 0 bridgehead atoms. The Kier molecular flexibility index (Phi) is 5.06. The van der Waals surface area contributed by atoms with Gasteiger partial charge in [-0.3, -0.25) is 14.9 Å². The second-order valence-electron chi connectivity index (χ2n) is 7.16. The van der Waals surface area contributed by atoms with Gasteiger partial charge < -0.3 is 9.47 Å². The summed E-state index contributed by atoms with van der Waals surface area (Å²) >= 11 is 0. The third-order valence-corrected chi connectivity index (χ3v) is 5.18. The van der Waals surface area contributed by atoms with Crippen LogP contribution in [-0.4, -0.2) is 46.3 Å². The van der Waals surface area contributed by atoms with Crippen LogP contribution in [0.3, 0.4) is 0 Å². The van der Waals surface area contributed by atoms with Crippen LogP contribution in [0, 0.1) is 0 Å². The fourth-order valence-corrected chi connectivity index (χ4v) is 3.96. The van der Waals surface area contributed by atoms with Gasteiger partial charge in [-0.05, 0) is 54.8 Å². The molecule has 2 aromatic heterocycles. The Labute approximate surface area is 149 Å². The molecule has 5 nitrogen and oxygen atoms in total. The van der Waals surface area contributed by atoms with Gasteiger partial charge in [-0.2, -0.15) is 0 Å². The molecule has 132 valence electrons. The van der Waals surface area contributed by atoms with E-state index in [9.17, 15) is 0 Å². The van der Waals surface area contributed by atoms with Gasteiger partial charge in [-0.25, -0.2) is 0 Å². The van der Waals surface area contributed by atoms with Crippen LogP contribution in [0.5, 0.6) is 0 Å². The largest absolute Gasteiger partial charge is 0.371 e. The Balaban J connectivity index is 1.31. The fraction of sp³-hybridized carbons (Fsp3) is 0.500. The van der Waals surface area contributed by atoms with Crippen LogP contribution in [0.15, 0.2) is 49.1 Å². The average Bonchev–Trinajstić information content (AvgIpc) is 3.04. The van der Waals surface area contributed by atoms with E-state index < -0.39 is 0 Å². The molecule has 5 heteroatoms. The molecule has 2 fully saturated rings. The summed E-state index contributed by atoms with van der Waals surface area (Å²) in [5, 5.41) is 0. The molecule has 2 aromatic rings. The van der Waals surface area contributed by atoms with E-state index >= 15 is 0 Å². The predicted octanol–water partition coefficient (Wildman–Crippen LogP) is 2.82. The molecule has 1 spiro atoms. The van der Waals surface area contributed by atoms with Crippen LogP contribution in [-0.2, 0) is 22.6 Å². The number of hydrogen-bond acceptors (Lipinski definition) is 5. The summed E-state index contributed by atoms with van der Waals surface area (Å²) < 4.78 is 12.3. The zero-order valence-electron chi connectivity index (χ0n) is 14.5. The van der Waals surface area contributed by atoms with E-state index in [2.05, 4.69) is 27.0 Å². The smallest absolute Gasteiger partial charge is 0.0841 e. The monoisotopic (exact) mass is 339 g/mol. The highest BCUT2D eigenvalue weighted by Gasteiger charge is 2.43. The minimum absolute atomic E-state index is 0.0335. The van der Waals surface area contributed by atoms with E-state index in [1.54, 1.807) is 0 Å². The van der Waals surface area contributed by atoms with Crippen molar-refractivity contribution in [3.63, 3.8) is 0 Å². The Hall–Kier alpha value is -1.82. The fourth-order valence-electron chi connectivity index (χ4n) is 3.96. The summed E-state index contributed by atoms with van der Waals surface area (Å²) in [6, 6.07) is 8.19. The van der Waals surface area contributed by atoms with Gasteiger partial charge in [0.1, 0.15) is 0 Å². The molecular weight excluding hydrogens is 314 g/mol. The Bertz CT molecular complexity index is 667. The molecule has 25 heavy (non-hydrogen) atoms. The molecule has 2 aliphatic rings. The maximum Gasteiger partial charge on any atom is 0.0841 e. The van der Waals surface area contributed by atoms with Gasteiger partial charge in [0, 0.05) is 44.3 Å². The van der Waals surface area contributed by atoms with Gasteiger partial charge >= 0.3 is 0 Å². The van der Waals surface area contributed by atoms with Gasteiger partial charge in [-0.1, -0.05) is 0 Å². The molecule has 0 N–H and O–H groups in total. The predicted molar refractivity (Wildman–Crippen MR) is 94.9 cm³/mol. The van der Waals surface area contributed by atoms with E-state index in [1.807, 2.05) is 36.9 Å². The first-order valence-electron chi connectivity index (χ1n) is 9.07. The maximum atomic E-state index is 6.26. The number of likely N-dealkylation sites (tertiary alicyclic amines) is 1. The second kappa shape index (κ2) is 7.60. The van der Waals surface area contributed by atoms with Gasteiger partial charge in [0.15, 0.2) is 0 Å². The standard InChI is InChI=1S/C20H25N3O2/c1-6-20(16-23(11-1)13-17-2-7-21-8-3-17)12-19(15-25-20)24-14-18-4-9-22-10-5-18/h2-5,7-10,19H,1,6,11-16H2/t19-,20+/m1/s1. The highest BCUT2D eigenvalue weighted by atomic mass is 16.6. The molecule has 4 heterocycles. The van der Waals surface area contributed by atoms with Crippen molar-refractivity contribution in [2.75, 3.05) is 19.7 Å². The van der Waals surface area contributed by atoms with Gasteiger partial charge in [0.25, 0.3) is 0 Å². The van der Waals surface area contributed by atoms with Crippen molar-refractivity contribution in [3.05, 3.63) is 60.2 Å². The van der Waals surface area contributed by atoms with Crippen LogP contribution >= 0.6 is 0 Å². The molecular formula is C20H25N3O2. The Morgan fingerprint density at radius 2 is 1.80 bits per heavy atom. The first kappa shape index (κ1) is 16.6. The topological polar surface area (TPSA) is 47.5 Å². The van der Waals surface area contributed by atoms with E-state index in [4.69, 9.17) is 9.47 Å². The molecule has 0 aliphatic carbocycles. The van der Waals surface area contributed by atoms with Crippen LogP contribution in [0.2, 0.25) is 0 Å². The van der Waals surface area contributed by atoms with Crippen molar-refractivity contribution in [2.24, 2.45) is 0 Å². The number of ether oxygens (including phenoxy) is 2. The van der Waals surface area contributed by atoms with Crippen molar-refractivity contribution < 1.29 is 9.47 Å². The molecule has 2 saturated heterocycles. The van der Waals surface area contributed by atoms with Crippen LogP contribution in [0.1, 0.15) is 30.4 Å². The summed E-state index contributed by atoms with van der Waals surface area (Å²) in [5.41, 5.74) is 2.45. The highest BCUT2D eigenvalue weighted by Crippen LogP contribution is 2.36. The highest BCUT2D eigenvalue weighted by molar-refractivity contribution is 5.10. The normalized spacial score (nSPS) is 27.0.